The van der Waals surface area contributed by atoms with Crippen LogP contribution >= 0.6 is 11.8 Å². The molecule has 1 fully saturated rings. The topological polar surface area (TPSA) is 69.7 Å². The highest BCUT2D eigenvalue weighted by Crippen LogP contribution is 2.23. The Morgan fingerprint density at radius 2 is 2.04 bits per heavy atom. The molecule has 0 aromatic heterocycles. The van der Waals surface area contributed by atoms with Gasteiger partial charge in [0.15, 0.2) is 0 Å². The number of hydrogen-bond acceptors (Lipinski definition) is 4. The van der Waals surface area contributed by atoms with E-state index in [0.717, 1.165) is 16.8 Å². The normalized spacial score (nSPS) is 16.8. The lowest BCUT2D eigenvalue weighted by atomic mass is 10.1. The molecule has 1 saturated heterocycles. The Kier molecular flexibility index (Phi) is 5.88. The zero-order chi connectivity index (χ0) is 17.9. The standard InChI is InChI=1S/C17H23N3O3S/c1-11-5-6-14(12(2)7-11)18-17(23)15-9-24-10-20(15)16(22)8-19(4)13(3)21/h5-7,15H,8-10H2,1-4H3,(H,18,23)/t15-/m1/s1. The van der Waals surface area contributed by atoms with Crippen LogP contribution in [0.2, 0.25) is 0 Å². The molecule has 3 amide bonds. The second-order valence-electron chi connectivity index (χ2n) is 6.06. The van der Waals surface area contributed by atoms with Crippen LogP contribution in [0.15, 0.2) is 18.2 Å². The van der Waals surface area contributed by atoms with Crippen LogP contribution < -0.4 is 5.32 Å². The molecule has 1 atom stereocenters. The van der Waals surface area contributed by atoms with Gasteiger partial charge in [0.05, 0.1) is 12.4 Å². The first-order chi connectivity index (χ1) is 11.3. The number of aryl methyl sites for hydroxylation is 2. The monoisotopic (exact) mass is 349 g/mol. The number of amides is 3. The van der Waals surface area contributed by atoms with Crippen molar-refractivity contribution in [1.29, 1.82) is 0 Å². The van der Waals surface area contributed by atoms with Gasteiger partial charge in [-0.15, -0.1) is 11.8 Å². The molecule has 0 aliphatic carbocycles. The molecule has 2 rings (SSSR count). The summed E-state index contributed by atoms with van der Waals surface area (Å²) in [5.41, 5.74) is 2.88. The quantitative estimate of drug-likeness (QED) is 0.897. The smallest absolute Gasteiger partial charge is 0.248 e. The van der Waals surface area contributed by atoms with Crippen molar-refractivity contribution >= 4 is 35.2 Å². The lowest BCUT2D eigenvalue weighted by Gasteiger charge is -2.25. The average Bonchev–Trinajstić information content (AvgIpc) is 2.99. The highest BCUT2D eigenvalue weighted by atomic mass is 32.2. The maximum Gasteiger partial charge on any atom is 0.248 e. The van der Waals surface area contributed by atoms with E-state index in [-0.39, 0.29) is 24.3 Å². The summed E-state index contributed by atoms with van der Waals surface area (Å²) in [4.78, 5) is 39.1. The number of nitrogens with one attached hydrogen (secondary N) is 1. The Hall–Kier alpha value is -2.02. The molecule has 0 saturated carbocycles. The number of carbonyl (C=O) groups is 3. The van der Waals surface area contributed by atoms with Crippen LogP contribution in [0.1, 0.15) is 18.1 Å². The Bertz CT molecular complexity index is 662. The highest BCUT2D eigenvalue weighted by molar-refractivity contribution is 7.99. The molecule has 0 bridgehead atoms. The molecular formula is C17H23N3O3S. The summed E-state index contributed by atoms with van der Waals surface area (Å²) in [5.74, 6) is 0.456. The molecule has 130 valence electrons. The maximum absolute atomic E-state index is 12.6. The molecule has 0 spiro atoms. The van der Waals surface area contributed by atoms with Crippen molar-refractivity contribution in [1.82, 2.24) is 9.80 Å². The summed E-state index contributed by atoms with van der Waals surface area (Å²) in [5, 5.41) is 2.91. The van der Waals surface area contributed by atoms with Crippen molar-refractivity contribution in [3.8, 4) is 0 Å². The molecule has 0 radical (unpaired) electrons. The number of thioether (sulfide) groups is 1. The van der Waals surface area contributed by atoms with Crippen LogP contribution in [0.5, 0.6) is 0 Å². The van der Waals surface area contributed by atoms with E-state index < -0.39 is 6.04 Å². The molecule has 7 heteroatoms. The van der Waals surface area contributed by atoms with Gasteiger partial charge in [-0.25, -0.2) is 0 Å². The fourth-order valence-corrected chi connectivity index (χ4v) is 3.66. The molecule has 0 unspecified atom stereocenters. The molecule has 1 heterocycles. The zero-order valence-electron chi connectivity index (χ0n) is 14.5. The zero-order valence-corrected chi connectivity index (χ0v) is 15.3. The summed E-state index contributed by atoms with van der Waals surface area (Å²) in [6.07, 6.45) is 0. The van der Waals surface area contributed by atoms with E-state index >= 15 is 0 Å². The summed E-state index contributed by atoms with van der Waals surface area (Å²) in [6, 6.07) is 5.31. The van der Waals surface area contributed by atoms with E-state index in [9.17, 15) is 14.4 Å². The number of rotatable bonds is 4. The number of nitrogens with zero attached hydrogens (tertiary/aromatic N) is 2. The minimum atomic E-state index is -0.511. The molecule has 24 heavy (non-hydrogen) atoms. The first kappa shape index (κ1) is 18.3. The second-order valence-corrected chi connectivity index (χ2v) is 7.06. The van der Waals surface area contributed by atoms with E-state index in [4.69, 9.17) is 0 Å². The number of anilines is 1. The van der Waals surface area contributed by atoms with E-state index in [1.54, 1.807) is 23.7 Å². The molecule has 1 aliphatic heterocycles. The predicted molar refractivity (Wildman–Crippen MR) is 95.8 cm³/mol. The predicted octanol–water partition coefficient (Wildman–Crippen LogP) is 1.62. The van der Waals surface area contributed by atoms with E-state index in [1.165, 1.54) is 11.8 Å². The third-order valence-corrected chi connectivity index (χ3v) is 5.07. The minimum absolute atomic E-state index is 0.0107. The van der Waals surface area contributed by atoms with Crippen molar-refractivity contribution in [2.24, 2.45) is 0 Å². The van der Waals surface area contributed by atoms with Crippen LogP contribution in [0.4, 0.5) is 5.69 Å². The fraction of sp³-hybridized carbons (Fsp3) is 0.471. The van der Waals surface area contributed by atoms with Gasteiger partial charge in [-0.05, 0) is 25.5 Å². The van der Waals surface area contributed by atoms with Gasteiger partial charge < -0.3 is 15.1 Å². The lowest BCUT2D eigenvalue weighted by Crippen LogP contribution is -2.48. The van der Waals surface area contributed by atoms with Crippen molar-refractivity contribution in [2.75, 3.05) is 30.5 Å². The van der Waals surface area contributed by atoms with Crippen molar-refractivity contribution in [2.45, 2.75) is 26.8 Å². The Labute approximate surface area is 146 Å². The third-order valence-electron chi connectivity index (χ3n) is 4.06. The molecule has 1 N–H and O–H groups in total. The van der Waals surface area contributed by atoms with Crippen molar-refractivity contribution in [3.05, 3.63) is 29.3 Å². The Morgan fingerprint density at radius 1 is 1.33 bits per heavy atom. The van der Waals surface area contributed by atoms with Gasteiger partial charge in [0.1, 0.15) is 6.04 Å². The van der Waals surface area contributed by atoms with E-state index in [0.29, 0.717) is 11.6 Å². The molecule has 6 nitrogen and oxygen atoms in total. The van der Waals surface area contributed by atoms with Gasteiger partial charge in [0.2, 0.25) is 17.7 Å². The number of likely N-dealkylation sites (N-methyl/N-ethyl adjacent to an activating group) is 1. The van der Waals surface area contributed by atoms with Crippen LogP contribution in [0.3, 0.4) is 0 Å². The van der Waals surface area contributed by atoms with Gasteiger partial charge in [0.25, 0.3) is 0 Å². The number of hydrogen-bond donors (Lipinski definition) is 1. The van der Waals surface area contributed by atoms with Crippen molar-refractivity contribution in [3.63, 3.8) is 0 Å². The van der Waals surface area contributed by atoms with E-state index in [1.807, 2.05) is 32.0 Å². The van der Waals surface area contributed by atoms with Gasteiger partial charge in [-0.3, -0.25) is 14.4 Å². The van der Waals surface area contributed by atoms with Gasteiger partial charge in [-0.2, -0.15) is 0 Å². The summed E-state index contributed by atoms with van der Waals surface area (Å²) < 4.78 is 0. The molecule has 1 aromatic carbocycles. The van der Waals surface area contributed by atoms with Gasteiger partial charge >= 0.3 is 0 Å². The number of benzene rings is 1. The van der Waals surface area contributed by atoms with Crippen LogP contribution in [0.25, 0.3) is 0 Å². The highest BCUT2D eigenvalue weighted by Gasteiger charge is 2.35. The van der Waals surface area contributed by atoms with Crippen LogP contribution in [-0.4, -0.2) is 58.8 Å². The largest absolute Gasteiger partial charge is 0.337 e. The minimum Gasteiger partial charge on any atom is -0.337 e. The summed E-state index contributed by atoms with van der Waals surface area (Å²) >= 11 is 1.54. The molecule has 1 aliphatic rings. The first-order valence-corrected chi connectivity index (χ1v) is 8.92. The van der Waals surface area contributed by atoms with E-state index in [2.05, 4.69) is 5.32 Å². The van der Waals surface area contributed by atoms with Crippen molar-refractivity contribution < 1.29 is 14.4 Å². The average molecular weight is 349 g/mol. The Morgan fingerprint density at radius 3 is 2.67 bits per heavy atom. The summed E-state index contributed by atoms with van der Waals surface area (Å²) in [6.45, 7) is 5.34. The van der Waals surface area contributed by atoms with Crippen LogP contribution in [-0.2, 0) is 14.4 Å². The third kappa shape index (κ3) is 4.29. The fourth-order valence-electron chi connectivity index (χ4n) is 2.48. The SMILES string of the molecule is CC(=O)N(C)CC(=O)N1CSC[C@@H]1C(=O)Nc1ccc(C)cc1C. The number of carbonyl (C=O) groups excluding carboxylic acids is 3. The van der Waals surface area contributed by atoms with Gasteiger partial charge in [0, 0.05) is 25.4 Å². The second kappa shape index (κ2) is 7.70. The van der Waals surface area contributed by atoms with Crippen LogP contribution in [0, 0.1) is 13.8 Å². The maximum atomic E-state index is 12.6. The lowest BCUT2D eigenvalue weighted by molar-refractivity contribution is -0.140. The molecular weight excluding hydrogens is 326 g/mol. The summed E-state index contributed by atoms with van der Waals surface area (Å²) in [7, 11) is 1.58. The Balaban J connectivity index is 2.05. The molecule has 1 aromatic rings. The first-order valence-electron chi connectivity index (χ1n) is 7.76. The van der Waals surface area contributed by atoms with Gasteiger partial charge in [-0.1, -0.05) is 17.7 Å².